The Bertz CT molecular complexity index is 1150. The van der Waals surface area contributed by atoms with E-state index in [0.29, 0.717) is 24.3 Å². The van der Waals surface area contributed by atoms with E-state index in [1.165, 1.54) is 12.3 Å². The van der Waals surface area contributed by atoms with Crippen LogP contribution in [0.1, 0.15) is 40.5 Å². The number of halogens is 1. The highest BCUT2D eigenvalue weighted by atomic mass is 19.1. The van der Waals surface area contributed by atoms with Crippen LogP contribution in [0.2, 0.25) is 0 Å². The summed E-state index contributed by atoms with van der Waals surface area (Å²) in [5, 5.41) is 16.4. The van der Waals surface area contributed by atoms with E-state index in [2.05, 4.69) is 10.2 Å². The predicted molar refractivity (Wildman–Crippen MR) is 96.7 cm³/mol. The van der Waals surface area contributed by atoms with Gasteiger partial charge in [0.25, 0.3) is 0 Å². The number of aromatic nitrogens is 3. The van der Waals surface area contributed by atoms with Crippen molar-refractivity contribution in [3.63, 3.8) is 0 Å². The van der Waals surface area contributed by atoms with Crippen LogP contribution in [0.25, 0.3) is 10.9 Å². The van der Waals surface area contributed by atoms with Gasteiger partial charge in [-0.2, -0.15) is 5.10 Å². The standard InChI is InChI=1S/C19H17FN4O3/c20-14-5-12-16(24(11-1-2-11)9-13(18(12)25)19(26)27)6-17(14)23-4-3-15-10(8-23)7-21-22-15/h5-7,9,11H,1-4,8H2,(H,21,22)(H,26,27). The molecule has 0 atom stereocenters. The van der Waals surface area contributed by atoms with Crippen molar-refractivity contribution in [1.29, 1.82) is 0 Å². The number of rotatable bonds is 3. The van der Waals surface area contributed by atoms with E-state index in [4.69, 9.17) is 0 Å². The third-order valence-corrected chi connectivity index (χ3v) is 5.41. The molecule has 138 valence electrons. The van der Waals surface area contributed by atoms with Gasteiger partial charge < -0.3 is 14.6 Å². The Hall–Kier alpha value is -3.16. The second-order valence-electron chi connectivity index (χ2n) is 7.18. The van der Waals surface area contributed by atoms with Crippen molar-refractivity contribution >= 4 is 22.6 Å². The Morgan fingerprint density at radius 2 is 2.15 bits per heavy atom. The van der Waals surface area contributed by atoms with Crippen molar-refractivity contribution in [3.8, 4) is 0 Å². The molecule has 2 N–H and O–H groups in total. The molecule has 1 fully saturated rings. The molecule has 3 aromatic rings. The van der Waals surface area contributed by atoms with E-state index in [1.807, 2.05) is 9.47 Å². The minimum absolute atomic E-state index is 0.115. The van der Waals surface area contributed by atoms with Crippen LogP contribution in [0.15, 0.2) is 29.3 Å². The van der Waals surface area contributed by atoms with Crippen LogP contribution in [-0.2, 0) is 13.0 Å². The summed E-state index contributed by atoms with van der Waals surface area (Å²) in [4.78, 5) is 25.9. The zero-order chi connectivity index (χ0) is 18.7. The lowest BCUT2D eigenvalue weighted by Gasteiger charge is -2.29. The molecule has 1 aliphatic heterocycles. The molecule has 7 nitrogen and oxygen atoms in total. The van der Waals surface area contributed by atoms with Crippen LogP contribution < -0.4 is 10.3 Å². The number of hydrogen-bond donors (Lipinski definition) is 2. The van der Waals surface area contributed by atoms with E-state index in [0.717, 1.165) is 30.5 Å². The average Bonchev–Trinajstić information content (AvgIpc) is 3.38. The lowest BCUT2D eigenvalue weighted by atomic mass is 10.1. The molecule has 0 radical (unpaired) electrons. The predicted octanol–water partition coefficient (Wildman–Crippen LogP) is 2.46. The lowest BCUT2D eigenvalue weighted by molar-refractivity contribution is 0.0695. The molecule has 0 amide bonds. The van der Waals surface area contributed by atoms with E-state index >= 15 is 0 Å². The van der Waals surface area contributed by atoms with Crippen LogP contribution in [-0.4, -0.2) is 32.4 Å². The van der Waals surface area contributed by atoms with Gasteiger partial charge in [0.15, 0.2) is 0 Å². The highest BCUT2D eigenvalue weighted by Crippen LogP contribution is 2.38. The van der Waals surface area contributed by atoms with Gasteiger partial charge in [-0.1, -0.05) is 0 Å². The summed E-state index contributed by atoms with van der Waals surface area (Å²) in [6.45, 7) is 1.17. The maximum atomic E-state index is 14.9. The van der Waals surface area contributed by atoms with Crippen LogP contribution >= 0.6 is 0 Å². The van der Waals surface area contributed by atoms with E-state index < -0.39 is 17.2 Å². The Morgan fingerprint density at radius 1 is 1.33 bits per heavy atom. The van der Waals surface area contributed by atoms with Gasteiger partial charge in [0, 0.05) is 48.4 Å². The first-order valence-corrected chi connectivity index (χ1v) is 8.90. The first-order chi connectivity index (χ1) is 13.0. The number of H-pyrrole nitrogens is 1. The van der Waals surface area contributed by atoms with E-state index in [1.54, 1.807) is 12.3 Å². The van der Waals surface area contributed by atoms with Crippen molar-refractivity contribution in [1.82, 2.24) is 14.8 Å². The summed E-state index contributed by atoms with van der Waals surface area (Å²) in [5.74, 6) is -1.80. The van der Waals surface area contributed by atoms with Gasteiger partial charge in [0.1, 0.15) is 11.4 Å². The molecule has 0 spiro atoms. The summed E-state index contributed by atoms with van der Waals surface area (Å²) in [7, 11) is 0. The normalized spacial score (nSPS) is 16.6. The molecule has 0 bridgehead atoms. The number of benzene rings is 1. The van der Waals surface area contributed by atoms with Crippen molar-refractivity contribution in [2.45, 2.75) is 31.8 Å². The molecule has 1 aromatic carbocycles. The number of carboxylic acids is 1. The molecule has 27 heavy (non-hydrogen) atoms. The fourth-order valence-electron chi connectivity index (χ4n) is 3.84. The minimum Gasteiger partial charge on any atom is -0.477 e. The maximum Gasteiger partial charge on any atom is 0.341 e. The molecule has 5 rings (SSSR count). The van der Waals surface area contributed by atoms with Gasteiger partial charge in [-0.25, -0.2) is 9.18 Å². The Balaban J connectivity index is 1.68. The zero-order valence-electron chi connectivity index (χ0n) is 14.4. The van der Waals surface area contributed by atoms with E-state index in [9.17, 15) is 19.1 Å². The van der Waals surface area contributed by atoms with Crippen LogP contribution in [0.3, 0.4) is 0 Å². The van der Waals surface area contributed by atoms with Crippen molar-refractivity contribution in [2.24, 2.45) is 0 Å². The molecule has 2 aliphatic rings. The Labute approximate surface area is 153 Å². The van der Waals surface area contributed by atoms with Gasteiger partial charge in [-0.05, 0) is 25.0 Å². The number of carboxylic acid groups (broad SMARTS) is 1. The van der Waals surface area contributed by atoms with Gasteiger partial charge in [-0.3, -0.25) is 9.89 Å². The Kier molecular flexibility index (Phi) is 3.37. The summed E-state index contributed by atoms with van der Waals surface area (Å²) < 4.78 is 16.7. The van der Waals surface area contributed by atoms with Crippen molar-refractivity contribution in [3.05, 3.63) is 57.4 Å². The smallest absolute Gasteiger partial charge is 0.341 e. The van der Waals surface area contributed by atoms with Gasteiger partial charge in [0.05, 0.1) is 17.4 Å². The molecule has 2 aromatic heterocycles. The second-order valence-corrected chi connectivity index (χ2v) is 7.18. The molecule has 8 heteroatoms. The largest absolute Gasteiger partial charge is 0.477 e. The first kappa shape index (κ1) is 16.0. The number of carbonyl (C=O) groups is 1. The second kappa shape index (κ2) is 5.67. The molecule has 0 saturated heterocycles. The van der Waals surface area contributed by atoms with Gasteiger partial charge >= 0.3 is 5.97 Å². The molecular weight excluding hydrogens is 351 g/mol. The quantitative estimate of drug-likeness (QED) is 0.741. The molecule has 3 heterocycles. The number of nitrogens with zero attached hydrogens (tertiary/aromatic N) is 3. The SMILES string of the molecule is O=C(O)c1cn(C2CC2)c2cc(N3CCc4[nH]ncc4C3)c(F)cc2c1=O. The molecule has 1 saturated carbocycles. The van der Waals surface area contributed by atoms with Crippen molar-refractivity contribution in [2.75, 3.05) is 11.4 Å². The van der Waals surface area contributed by atoms with Crippen LogP contribution in [0.5, 0.6) is 0 Å². The zero-order valence-corrected chi connectivity index (χ0v) is 14.4. The van der Waals surface area contributed by atoms with Crippen molar-refractivity contribution < 1.29 is 14.3 Å². The lowest BCUT2D eigenvalue weighted by Crippen LogP contribution is -2.31. The van der Waals surface area contributed by atoms with E-state index in [-0.39, 0.29) is 17.0 Å². The molecule has 0 unspecified atom stereocenters. The average molecular weight is 368 g/mol. The summed E-state index contributed by atoms with van der Waals surface area (Å²) in [6, 6.07) is 3.02. The summed E-state index contributed by atoms with van der Waals surface area (Å²) >= 11 is 0. The Morgan fingerprint density at radius 3 is 2.89 bits per heavy atom. The molecular formula is C19H17FN4O3. The fourth-order valence-corrected chi connectivity index (χ4v) is 3.84. The maximum absolute atomic E-state index is 14.9. The number of fused-ring (bicyclic) bond motifs is 2. The minimum atomic E-state index is -1.29. The number of aromatic carboxylic acids is 1. The van der Waals surface area contributed by atoms with Crippen LogP contribution in [0, 0.1) is 5.82 Å². The monoisotopic (exact) mass is 368 g/mol. The van der Waals surface area contributed by atoms with Gasteiger partial charge in [-0.15, -0.1) is 0 Å². The third-order valence-electron chi connectivity index (χ3n) is 5.41. The first-order valence-electron chi connectivity index (χ1n) is 8.90. The molecule has 1 aliphatic carbocycles. The number of aromatic amines is 1. The fraction of sp³-hybridized carbons (Fsp3) is 0.316. The summed E-state index contributed by atoms with van der Waals surface area (Å²) in [5.41, 5.74) is 2.14. The third kappa shape index (κ3) is 2.51. The highest BCUT2D eigenvalue weighted by Gasteiger charge is 2.28. The summed E-state index contributed by atoms with van der Waals surface area (Å²) in [6.07, 6.45) is 5.73. The number of anilines is 1. The number of nitrogens with one attached hydrogen (secondary N) is 1. The van der Waals surface area contributed by atoms with Crippen LogP contribution in [0.4, 0.5) is 10.1 Å². The highest BCUT2D eigenvalue weighted by molar-refractivity contribution is 5.93. The number of hydrogen-bond acceptors (Lipinski definition) is 4. The number of pyridine rings is 1. The topological polar surface area (TPSA) is 91.2 Å². The van der Waals surface area contributed by atoms with Gasteiger partial charge in [0.2, 0.25) is 5.43 Å².